The van der Waals surface area contributed by atoms with Crippen molar-refractivity contribution in [3.63, 3.8) is 0 Å². The van der Waals surface area contributed by atoms with Crippen molar-refractivity contribution >= 4 is 17.6 Å². The summed E-state index contributed by atoms with van der Waals surface area (Å²) in [6.45, 7) is 3.27. The van der Waals surface area contributed by atoms with Gasteiger partial charge in [-0.15, -0.1) is 13.2 Å². The topological polar surface area (TPSA) is 88.5 Å². The molecule has 0 aliphatic carbocycles. The summed E-state index contributed by atoms with van der Waals surface area (Å²) in [4.78, 5) is 27.9. The maximum absolute atomic E-state index is 12.4. The highest BCUT2D eigenvalue weighted by Crippen LogP contribution is 2.26. The van der Waals surface area contributed by atoms with E-state index in [-0.39, 0.29) is 24.5 Å². The van der Waals surface area contributed by atoms with Crippen LogP contribution in [-0.2, 0) is 11.3 Å². The number of carbonyl (C=O) groups excluding carboxylic acids is 1. The molecule has 2 aromatic carbocycles. The molecule has 0 unspecified atom stereocenters. The van der Waals surface area contributed by atoms with Crippen molar-refractivity contribution in [3.8, 4) is 16.9 Å². The van der Waals surface area contributed by atoms with Crippen molar-refractivity contribution < 1.29 is 32.6 Å². The van der Waals surface area contributed by atoms with E-state index in [1.807, 2.05) is 6.07 Å². The number of pyridine rings is 1. The van der Waals surface area contributed by atoms with Crippen LogP contribution in [0.25, 0.3) is 11.1 Å². The fourth-order valence-corrected chi connectivity index (χ4v) is 3.14. The quantitative estimate of drug-likeness (QED) is 0.375. The van der Waals surface area contributed by atoms with Crippen molar-refractivity contribution in [3.05, 3.63) is 78.0 Å². The number of hydrogen-bond donors (Lipinski definition) is 2. The lowest BCUT2D eigenvalue weighted by molar-refractivity contribution is -0.274. The molecular weight excluding hydrogens is 449 g/mol. The second-order valence-electron chi connectivity index (χ2n) is 8.35. The van der Waals surface area contributed by atoms with E-state index >= 15 is 0 Å². The third-order valence-electron chi connectivity index (χ3n) is 5.09. The molecule has 0 atom stereocenters. The molecule has 2 N–H and O–H groups in total. The first kappa shape index (κ1) is 24.8. The number of benzene rings is 2. The smallest absolute Gasteiger partial charge is 0.481 e. The lowest BCUT2D eigenvalue weighted by atomic mass is 9.85. The molecule has 9 heteroatoms. The van der Waals surface area contributed by atoms with Gasteiger partial charge < -0.3 is 15.2 Å². The van der Waals surface area contributed by atoms with Gasteiger partial charge >= 0.3 is 12.3 Å². The summed E-state index contributed by atoms with van der Waals surface area (Å²) in [6, 6.07) is 16.1. The van der Waals surface area contributed by atoms with Crippen LogP contribution in [0.2, 0.25) is 0 Å². The summed E-state index contributed by atoms with van der Waals surface area (Å²) < 4.78 is 41.0. The number of carboxylic acids is 1. The third-order valence-corrected chi connectivity index (χ3v) is 5.09. The zero-order valence-corrected chi connectivity index (χ0v) is 18.5. The Kier molecular flexibility index (Phi) is 7.24. The number of nitrogens with zero attached hydrogens (tertiary/aromatic N) is 1. The number of ketones is 1. The van der Waals surface area contributed by atoms with Crippen LogP contribution in [0.1, 0.15) is 36.2 Å². The second-order valence-corrected chi connectivity index (χ2v) is 8.35. The van der Waals surface area contributed by atoms with E-state index in [0.717, 1.165) is 11.1 Å². The van der Waals surface area contributed by atoms with Crippen LogP contribution in [0.15, 0.2) is 66.9 Å². The minimum Gasteiger partial charge on any atom is -0.481 e. The molecule has 0 bridgehead atoms. The first-order valence-corrected chi connectivity index (χ1v) is 10.3. The summed E-state index contributed by atoms with van der Waals surface area (Å²) in [5.74, 6) is -1.03. The van der Waals surface area contributed by atoms with E-state index < -0.39 is 17.7 Å². The van der Waals surface area contributed by atoms with Gasteiger partial charge in [0.05, 0.1) is 5.41 Å². The average molecular weight is 472 g/mol. The summed E-state index contributed by atoms with van der Waals surface area (Å²) >= 11 is 0. The Bertz CT molecular complexity index is 1160. The summed E-state index contributed by atoms with van der Waals surface area (Å²) in [5.41, 5.74) is 1.51. The van der Waals surface area contributed by atoms with Gasteiger partial charge in [0.15, 0.2) is 5.78 Å². The van der Waals surface area contributed by atoms with Crippen LogP contribution in [0.5, 0.6) is 5.75 Å². The molecule has 178 valence electrons. The van der Waals surface area contributed by atoms with Crippen LogP contribution in [0.3, 0.4) is 0 Å². The number of aliphatic carboxylic acids is 1. The van der Waals surface area contributed by atoms with Gasteiger partial charge in [0, 0.05) is 30.3 Å². The average Bonchev–Trinajstić information content (AvgIpc) is 2.77. The largest absolute Gasteiger partial charge is 0.573 e. The van der Waals surface area contributed by atoms with E-state index in [0.29, 0.717) is 16.9 Å². The number of hydrogen-bond acceptors (Lipinski definition) is 5. The first-order valence-electron chi connectivity index (χ1n) is 10.3. The molecule has 3 aromatic rings. The Morgan fingerprint density at radius 2 is 1.68 bits per heavy atom. The molecule has 3 rings (SSSR count). The Labute approximate surface area is 194 Å². The standard InChI is InChI=1S/C25H23F3N2O4/c1-24(2,23(32)33)13-21(31)18-8-6-17(7-9-18)19-10-11-22(30-15-19)29-14-16-4-3-5-20(12-16)34-25(26,27)28/h3-12,15H,13-14H2,1-2H3,(H,29,30)(H,32,33). The molecule has 0 radical (unpaired) electrons. The molecule has 1 aromatic heterocycles. The Morgan fingerprint density at radius 3 is 2.26 bits per heavy atom. The number of rotatable bonds is 9. The van der Waals surface area contributed by atoms with Crippen molar-refractivity contribution in [1.82, 2.24) is 4.98 Å². The SMILES string of the molecule is CC(C)(CC(=O)c1ccc(-c2ccc(NCc3cccc(OC(F)(F)F)c3)nc2)cc1)C(=O)O. The van der Waals surface area contributed by atoms with Crippen molar-refractivity contribution in [2.24, 2.45) is 5.41 Å². The number of carbonyl (C=O) groups is 2. The number of ether oxygens (including phenoxy) is 1. The zero-order valence-electron chi connectivity index (χ0n) is 18.5. The summed E-state index contributed by atoms with van der Waals surface area (Å²) in [5, 5.41) is 12.2. The van der Waals surface area contributed by atoms with E-state index in [1.165, 1.54) is 32.0 Å². The highest BCUT2D eigenvalue weighted by atomic mass is 19.4. The molecule has 0 spiro atoms. The number of halogens is 3. The molecule has 0 aliphatic rings. The zero-order chi connectivity index (χ0) is 24.9. The molecule has 6 nitrogen and oxygen atoms in total. The van der Waals surface area contributed by atoms with E-state index in [4.69, 9.17) is 0 Å². The lowest BCUT2D eigenvalue weighted by Crippen LogP contribution is -2.26. The number of Topliss-reactive ketones (excluding diaryl/α,β-unsaturated/α-hetero) is 1. The molecule has 1 heterocycles. The van der Waals surface area contributed by atoms with Crippen molar-refractivity contribution in [2.45, 2.75) is 33.2 Å². The van der Waals surface area contributed by atoms with E-state index in [9.17, 15) is 27.9 Å². The Morgan fingerprint density at radius 1 is 1.00 bits per heavy atom. The molecule has 34 heavy (non-hydrogen) atoms. The minimum absolute atomic E-state index is 0.102. The van der Waals surface area contributed by atoms with Gasteiger partial charge in [-0.05, 0) is 49.2 Å². The van der Waals surface area contributed by atoms with Gasteiger partial charge in [0.1, 0.15) is 11.6 Å². The number of anilines is 1. The number of carboxylic acid groups (broad SMARTS) is 1. The van der Waals surface area contributed by atoms with Crippen LogP contribution >= 0.6 is 0 Å². The fraction of sp³-hybridized carbons (Fsp3) is 0.240. The fourth-order valence-electron chi connectivity index (χ4n) is 3.14. The second kappa shape index (κ2) is 9.94. The van der Waals surface area contributed by atoms with Gasteiger partial charge in [-0.1, -0.05) is 36.4 Å². The summed E-state index contributed by atoms with van der Waals surface area (Å²) in [7, 11) is 0. The predicted octanol–water partition coefficient (Wildman–Crippen LogP) is 5.94. The van der Waals surface area contributed by atoms with Crippen LogP contribution in [0.4, 0.5) is 19.0 Å². The monoisotopic (exact) mass is 472 g/mol. The van der Waals surface area contributed by atoms with E-state index in [1.54, 1.807) is 42.6 Å². The molecule has 0 fully saturated rings. The van der Waals surface area contributed by atoms with Crippen molar-refractivity contribution in [1.29, 1.82) is 0 Å². The number of alkyl halides is 3. The van der Waals surface area contributed by atoms with Gasteiger partial charge in [-0.2, -0.15) is 0 Å². The van der Waals surface area contributed by atoms with Gasteiger partial charge in [-0.25, -0.2) is 4.98 Å². The highest BCUT2D eigenvalue weighted by Gasteiger charge is 2.31. The maximum atomic E-state index is 12.4. The normalized spacial score (nSPS) is 11.7. The molecule has 0 saturated carbocycles. The predicted molar refractivity (Wildman–Crippen MR) is 120 cm³/mol. The lowest BCUT2D eigenvalue weighted by Gasteiger charge is -2.17. The van der Waals surface area contributed by atoms with Crippen LogP contribution in [-0.4, -0.2) is 28.2 Å². The molecule has 0 aliphatic heterocycles. The van der Waals surface area contributed by atoms with Gasteiger partial charge in [-0.3, -0.25) is 9.59 Å². The summed E-state index contributed by atoms with van der Waals surface area (Å²) in [6.07, 6.45) is -3.21. The van der Waals surface area contributed by atoms with Crippen LogP contribution in [0, 0.1) is 5.41 Å². The molecule has 0 saturated heterocycles. The van der Waals surface area contributed by atoms with Gasteiger partial charge in [0.25, 0.3) is 0 Å². The maximum Gasteiger partial charge on any atom is 0.573 e. The Hall–Kier alpha value is -3.88. The highest BCUT2D eigenvalue weighted by molar-refractivity contribution is 5.99. The first-order chi connectivity index (χ1) is 15.9. The Balaban J connectivity index is 1.61. The minimum atomic E-state index is -4.75. The third kappa shape index (κ3) is 6.81. The van der Waals surface area contributed by atoms with Crippen molar-refractivity contribution in [2.75, 3.05) is 5.32 Å². The van der Waals surface area contributed by atoms with Crippen LogP contribution < -0.4 is 10.1 Å². The number of nitrogens with one attached hydrogen (secondary N) is 1. The molecule has 0 amide bonds. The van der Waals surface area contributed by atoms with E-state index in [2.05, 4.69) is 15.0 Å². The molecular formula is C25H23F3N2O4. The number of aromatic nitrogens is 1. The van der Waals surface area contributed by atoms with Gasteiger partial charge in [0.2, 0.25) is 0 Å².